The third-order valence-electron chi connectivity index (χ3n) is 3.47. The number of hydrogen-bond acceptors (Lipinski definition) is 4. The van der Waals surface area contributed by atoms with Crippen LogP contribution in [0.1, 0.15) is 26.2 Å². The summed E-state index contributed by atoms with van der Waals surface area (Å²) in [4.78, 5) is 2.28. The molecular weight excluding hydrogens is 194 g/mol. The van der Waals surface area contributed by atoms with Crippen molar-refractivity contribution in [2.24, 2.45) is 0 Å². The van der Waals surface area contributed by atoms with Gasteiger partial charge in [-0.2, -0.15) is 0 Å². The molecule has 0 bridgehead atoms. The first-order valence-electron chi connectivity index (χ1n) is 5.89. The minimum atomic E-state index is -0.186. The third kappa shape index (κ3) is 2.50. The fourth-order valence-corrected chi connectivity index (χ4v) is 2.80. The minimum Gasteiger partial charge on any atom is -0.394 e. The van der Waals surface area contributed by atoms with E-state index in [0.29, 0.717) is 0 Å². The predicted octanol–water partition coefficient (Wildman–Crippen LogP) is -0.0186. The Morgan fingerprint density at radius 3 is 2.73 bits per heavy atom. The Morgan fingerprint density at radius 1 is 1.33 bits per heavy atom. The van der Waals surface area contributed by atoms with E-state index >= 15 is 0 Å². The van der Waals surface area contributed by atoms with Crippen LogP contribution in [0.25, 0.3) is 0 Å². The van der Waals surface area contributed by atoms with Gasteiger partial charge in [-0.3, -0.25) is 4.90 Å². The molecule has 88 valence electrons. The molecule has 0 amide bonds. The maximum atomic E-state index is 9.84. The number of hydrogen-bond donors (Lipinski definition) is 2. The zero-order chi connectivity index (χ0) is 10.8. The maximum absolute atomic E-state index is 9.84. The van der Waals surface area contributed by atoms with Crippen LogP contribution in [0.5, 0.6) is 0 Å². The van der Waals surface area contributed by atoms with Crippen LogP contribution in [0.2, 0.25) is 0 Å². The van der Waals surface area contributed by atoms with Crippen LogP contribution in [0, 0.1) is 0 Å². The highest BCUT2D eigenvalue weighted by Crippen LogP contribution is 2.26. The molecule has 2 unspecified atom stereocenters. The van der Waals surface area contributed by atoms with Gasteiger partial charge in [-0.1, -0.05) is 0 Å². The van der Waals surface area contributed by atoms with E-state index in [1.54, 1.807) is 0 Å². The molecule has 2 N–H and O–H groups in total. The second-order valence-electron chi connectivity index (χ2n) is 4.77. The second-order valence-corrected chi connectivity index (χ2v) is 4.77. The fourth-order valence-electron chi connectivity index (χ4n) is 2.80. The lowest BCUT2D eigenvalue weighted by molar-refractivity contribution is -0.113. The summed E-state index contributed by atoms with van der Waals surface area (Å²) in [7, 11) is 0. The molecular formula is C11H21NO3. The summed E-state index contributed by atoms with van der Waals surface area (Å²) in [5, 5.41) is 19.0. The largest absolute Gasteiger partial charge is 0.394 e. The summed E-state index contributed by atoms with van der Waals surface area (Å²) in [6, 6.07) is 0.283. The van der Waals surface area contributed by atoms with Gasteiger partial charge in [-0.05, 0) is 26.2 Å². The average molecular weight is 215 g/mol. The number of ether oxygens (including phenoxy) is 1. The molecule has 1 heterocycles. The normalized spacial score (nSPS) is 43.4. The Bertz CT molecular complexity index is 212. The first kappa shape index (κ1) is 11.3. The Balaban J connectivity index is 1.95. The van der Waals surface area contributed by atoms with E-state index in [2.05, 4.69) is 4.90 Å². The van der Waals surface area contributed by atoms with Gasteiger partial charge >= 0.3 is 0 Å². The second kappa shape index (κ2) is 4.78. The predicted molar refractivity (Wildman–Crippen MR) is 56.6 cm³/mol. The van der Waals surface area contributed by atoms with E-state index in [-0.39, 0.29) is 31.0 Å². The van der Waals surface area contributed by atoms with E-state index in [1.807, 2.05) is 6.92 Å². The zero-order valence-corrected chi connectivity index (χ0v) is 9.30. The van der Waals surface area contributed by atoms with Crippen molar-refractivity contribution in [2.75, 3.05) is 19.7 Å². The first-order valence-corrected chi connectivity index (χ1v) is 5.89. The smallest absolute Gasteiger partial charge is 0.0936 e. The summed E-state index contributed by atoms with van der Waals surface area (Å²) in [6.45, 7) is 3.72. The van der Waals surface area contributed by atoms with Gasteiger partial charge in [-0.15, -0.1) is 0 Å². The van der Waals surface area contributed by atoms with Gasteiger partial charge in [0.05, 0.1) is 24.9 Å². The number of rotatable bonds is 2. The SMILES string of the molecule is CC1CN([C@@H]2CCC[C@H]2O)CC(CO)O1. The van der Waals surface area contributed by atoms with E-state index in [9.17, 15) is 5.11 Å². The van der Waals surface area contributed by atoms with Crippen molar-refractivity contribution >= 4 is 0 Å². The molecule has 0 aromatic rings. The van der Waals surface area contributed by atoms with Gasteiger partial charge in [0, 0.05) is 19.1 Å². The van der Waals surface area contributed by atoms with E-state index in [1.165, 1.54) is 0 Å². The Hall–Kier alpha value is -0.160. The van der Waals surface area contributed by atoms with Gasteiger partial charge < -0.3 is 14.9 Å². The molecule has 0 aromatic carbocycles. The lowest BCUT2D eigenvalue weighted by Gasteiger charge is -2.40. The molecule has 2 fully saturated rings. The van der Waals surface area contributed by atoms with Crippen LogP contribution >= 0.6 is 0 Å². The van der Waals surface area contributed by atoms with Crippen LogP contribution in [0.3, 0.4) is 0 Å². The topological polar surface area (TPSA) is 52.9 Å². The summed E-state index contributed by atoms with van der Waals surface area (Å²) < 4.78 is 5.59. The van der Waals surface area contributed by atoms with Crippen LogP contribution in [0.4, 0.5) is 0 Å². The lowest BCUT2D eigenvalue weighted by Crippen LogP contribution is -2.53. The fraction of sp³-hybridized carbons (Fsp3) is 1.00. The van der Waals surface area contributed by atoms with E-state index < -0.39 is 0 Å². The van der Waals surface area contributed by atoms with Crippen molar-refractivity contribution in [3.8, 4) is 0 Å². The standard InChI is InChI=1S/C11H21NO3/c1-8-5-12(6-9(7-13)15-8)10-3-2-4-11(10)14/h8-11,13-14H,2-7H2,1H3/t8?,9?,10-,11-/m1/s1. The van der Waals surface area contributed by atoms with Crippen molar-refractivity contribution in [2.45, 2.75) is 50.5 Å². The lowest BCUT2D eigenvalue weighted by atomic mass is 10.1. The molecule has 4 nitrogen and oxygen atoms in total. The molecule has 1 aliphatic carbocycles. The summed E-state index contributed by atoms with van der Waals surface area (Å²) in [6.07, 6.45) is 2.99. The molecule has 2 rings (SSSR count). The number of aliphatic hydroxyl groups excluding tert-OH is 2. The summed E-state index contributed by atoms with van der Waals surface area (Å²) >= 11 is 0. The molecule has 15 heavy (non-hydrogen) atoms. The quantitative estimate of drug-likeness (QED) is 0.680. The third-order valence-corrected chi connectivity index (χ3v) is 3.47. The number of aliphatic hydroxyl groups is 2. The minimum absolute atomic E-state index is 0.0731. The Labute approximate surface area is 90.8 Å². The molecule has 1 saturated heterocycles. The molecule has 0 spiro atoms. The van der Waals surface area contributed by atoms with Crippen molar-refractivity contribution in [1.82, 2.24) is 4.90 Å². The number of morpholine rings is 1. The van der Waals surface area contributed by atoms with Gasteiger partial charge in [0.1, 0.15) is 0 Å². The van der Waals surface area contributed by atoms with Gasteiger partial charge in [0.25, 0.3) is 0 Å². The highest BCUT2D eigenvalue weighted by molar-refractivity contribution is 4.89. The first-order chi connectivity index (χ1) is 7.20. The van der Waals surface area contributed by atoms with Crippen molar-refractivity contribution in [3.63, 3.8) is 0 Å². The molecule has 4 atom stereocenters. The van der Waals surface area contributed by atoms with Crippen molar-refractivity contribution in [1.29, 1.82) is 0 Å². The summed E-state index contributed by atoms with van der Waals surface area (Å²) in [5.41, 5.74) is 0. The van der Waals surface area contributed by atoms with E-state index in [0.717, 1.165) is 32.4 Å². The molecule has 0 aromatic heterocycles. The van der Waals surface area contributed by atoms with Crippen LogP contribution in [-0.4, -0.2) is 59.2 Å². The number of nitrogens with zero attached hydrogens (tertiary/aromatic N) is 1. The van der Waals surface area contributed by atoms with E-state index in [4.69, 9.17) is 9.84 Å². The highest BCUT2D eigenvalue weighted by Gasteiger charge is 2.35. The highest BCUT2D eigenvalue weighted by atomic mass is 16.5. The molecule has 0 radical (unpaired) electrons. The summed E-state index contributed by atoms with van der Waals surface area (Å²) in [5.74, 6) is 0. The molecule has 4 heteroatoms. The molecule has 2 aliphatic rings. The van der Waals surface area contributed by atoms with Gasteiger partial charge in [-0.25, -0.2) is 0 Å². The van der Waals surface area contributed by atoms with Crippen molar-refractivity contribution < 1.29 is 14.9 Å². The van der Waals surface area contributed by atoms with Gasteiger partial charge in [0.2, 0.25) is 0 Å². The maximum Gasteiger partial charge on any atom is 0.0936 e. The van der Waals surface area contributed by atoms with Gasteiger partial charge in [0.15, 0.2) is 0 Å². The molecule has 1 aliphatic heterocycles. The van der Waals surface area contributed by atoms with Crippen LogP contribution < -0.4 is 0 Å². The monoisotopic (exact) mass is 215 g/mol. The van der Waals surface area contributed by atoms with Crippen molar-refractivity contribution in [3.05, 3.63) is 0 Å². The van der Waals surface area contributed by atoms with Crippen LogP contribution in [-0.2, 0) is 4.74 Å². The Kier molecular flexibility index (Phi) is 3.61. The van der Waals surface area contributed by atoms with Crippen LogP contribution in [0.15, 0.2) is 0 Å². The average Bonchev–Trinajstić information content (AvgIpc) is 2.63. The molecule has 1 saturated carbocycles. The Morgan fingerprint density at radius 2 is 2.13 bits per heavy atom. The zero-order valence-electron chi connectivity index (χ0n) is 9.30.